The molecule has 0 radical (unpaired) electrons. The summed E-state index contributed by atoms with van der Waals surface area (Å²) in [6.45, 7) is 4.30. The molecule has 2 aromatic rings. The lowest BCUT2D eigenvalue weighted by molar-refractivity contribution is -0.116. The highest BCUT2D eigenvalue weighted by Crippen LogP contribution is 2.31. The summed E-state index contributed by atoms with van der Waals surface area (Å²) < 4.78 is 1.84. The molecule has 2 aliphatic heterocycles. The molecule has 1 aromatic heterocycles. The summed E-state index contributed by atoms with van der Waals surface area (Å²) in [4.78, 5) is 34.6. The Bertz CT molecular complexity index is 1040. The van der Waals surface area contributed by atoms with Crippen LogP contribution in [0.15, 0.2) is 34.1 Å². The molecule has 164 valence electrons. The lowest BCUT2D eigenvalue weighted by atomic mass is 9.97. The van der Waals surface area contributed by atoms with Crippen LogP contribution in [-0.2, 0) is 24.1 Å². The summed E-state index contributed by atoms with van der Waals surface area (Å²) >= 11 is 1.43. The quantitative estimate of drug-likeness (QED) is 0.534. The van der Waals surface area contributed by atoms with E-state index in [0.29, 0.717) is 5.75 Å². The SMILES string of the molecule is CN1CCN(n2c3c(c(SCC(=O)N4CCc5ccccc54)nc2=O)CCCC3)CC1. The molecule has 0 spiro atoms. The van der Waals surface area contributed by atoms with E-state index in [1.165, 1.54) is 22.9 Å². The second kappa shape index (κ2) is 8.67. The predicted molar refractivity (Wildman–Crippen MR) is 124 cm³/mol. The van der Waals surface area contributed by atoms with E-state index in [-0.39, 0.29) is 11.6 Å². The lowest BCUT2D eigenvalue weighted by Crippen LogP contribution is -2.55. The monoisotopic (exact) mass is 439 g/mol. The van der Waals surface area contributed by atoms with Crippen molar-refractivity contribution in [3.05, 3.63) is 51.6 Å². The molecule has 0 saturated carbocycles. The smallest absolute Gasteiger partial charge is 0.311 e. The van der Waals surface area contributed by atoms with E-state index in [0.717, 1.165) is 81.2 Å². The van der Waals surface area contributed by atoms with Gasteiger partial charge in [0.15, 0.2) is 0 Å². The Labute approximate surface area is 187 Å². The minimum atomic E-state index is -0.202. The predicted octanol–water partition coefficient (Wildman–Crippen LogP) is 1.69. The topological polar surface area (TPSA) is 61.7 Å². The van der Waals surface area contributed by atoms with E-state index in [4.69, 9.17) is 0 Å². The third-order valence-electron chi connectivity index (χ3n) is 6.61. The summed E-state index contributed by atoms with van der Waals surface area (Å²) in [7, 11) is 2.11. The fourth-order valence-corrected chi connectivity index (χ4v) is 5.84. The Hall–Kier alpha value is -2.32. The molecule has 0 atom stereocenters. The number of hydrogen-bond acceptors (Lipinski definition) is 6. The fourth-order valence-electron chi connectivity index (χ4n) is 4.88. The van der Waals surface area contributed by atoms with Crippen LogP contribution in [-0.4, -0.2) is 66.0 Å². The molecule has 8 heteroatoms. The second-order valence-corrected chi connectivity index (χ2v) is 9.58. The van der Waals surface area contributed by atoms with Gasteiger partial charge in [-0.3, -0.25) is 4.79 Å². The Morgan fingerprint density at radius 2 is 1.81 bits per heavy atom. The number of aromatic nitrogens is 2. The van der Waals surface area contributed by atoms with Gasteiger partial charge >= 0.3 is 5.69 Å². The fraction of sp³-hybridized carbons (Fsp3) is 0.522. The number of amides is 1. The van der Waals surface area contributed by atoms with Crippen molar-refractivity contribution in [2.45, 2.75) is 37.1 Å². The molecule has 0 unspecified atom stereocenters. The average molecular weight is 440 g/mol. The highest BCUT2D eigenvalue weighted by atomic mass is 32.2. The van der Waals surface area contributed by atoms with Gasteiger partial charge in [0.25, 0.3) is 0 Å². The summed E-state index contributed by atoms with van der Waals surface area (Å²) in [6.07, 6.45) is 4.94. The first kappa shape index (κ1) is 20.6. The van der Waals surface area contributed by atoms with Gasteiger partial charge in [0.2, 0.25) is 5.91 Å². The van der Waals surface area contributed by atoms with Crippen molar-refractivity contribution < 1.29 is 4.79 Å². The van der Waals surface area contributed by atoms with Crippen LogP contribution in [0.4, 0.5) is 5.69 Å². The number of thioether (sulfide) groups is 1. The van der Waals surface area contributed by atoms with Gasteiger partial charge in [-0.25, -0.2) is 9.47 Å². The van der Waals surface area contributed by atoms with Crippen molar-refractivity contribution in [2.75, 3.05) is 55.4 Å². The van der Waals surface area contributed by atoms with Gasteiger partial charge in [0, 0.05) is 44.0 Å². The number of para-hydroxylation sites is 1. The largest absolute Gasteiger partial charge is 0.367 e. The number of fused-ring (bicyclic) bond motifs is 2. The molecule has 5 rings (SSSR count). The molecule has 3 aliphatic rings. The number of hydrogen-bond donors (Lipinski definition) is 0. The average Bonchev–Trinajstić information content (AvgIpc) is 3.22. The van der Waals surface area contributed by atoms with E-state index < -0.39 is 0 Å². The highest BCUT2D eigenvalue weighted by molar-refractivity contribution is 8.00. The minimum absolute atomic E-state index is 0.0876. The van der Waals surface area contributed by atoms with Gasteiger partial charge in [-0.1, -0.05) is 30.0 Å². The first-order valence-corrected chi connectivity index (χ1v) is 12.2. The van der Waals surface area contributed by atoms with E-state index in [2.05, 4.69) is 28.0 Å². The van der Waals surface area contributed by atoms with Crippen LogP contribution in [0.1, 0.15) is 29.7 Å². The third-order valence-corrected chi connectivity index (χ3v) is 7.62. The van der Waals surface area contributed by atoms with E-state index in [9.17, 15) is 9.59 Å². The molecule has 0 bridgehead atoms. The second-order valence-electron chi connectivity index (χ2n) is 8.61. The molecule has 31 heavy (non-hydrogen) atoms. The number of nitrogens with zero attached hydrogens (tertiary/aromatic N) is 5. The Morgan fingerprint density at radius 1 is 1.03 bits per heavy atom. The van der Waals surface area contributed by atoms with E-state index >= 15 is 0 Å². The molecule has 1 fully saturated rings. The van der Waals surface area contributed by atoms with Crippen molar-refractivity contribution in [2.24, 2.45) is 0 Å². The lowest BCUT2D eigenvalue weighted by Gasteiger charge is -2.37. The Balaban J connectivity index is 1.37. The van der Waals surface area contributed by atoms with Gasteiger partial charge in [-0.2, -0.15) is 4.98 Å². The maximum absolute atomic E-state index is 13.0. The summed E-state index contributed by atoms with van der Waals surface area (Å²) in [5, 5.41) is 2.91. The number of piperazine rings is 1. The molecule has 1 amide bonds. The zero-order valence-electron chi connectivity index (χ0n) is 18.0. The van der Waals surface area contributed by atoms with Gasteiger partial charge in [-0.15, -0.1) is 0 Å². The van der Waals surface area contributed by atoms with Crippen molar-refractivity contribution >= 4 is 23.4 Å². The van der Waals surface area contributed by atoms with Crippen LogP contribution in [0, 0.1) is 0 Å². The maximum atomic E-state index is 13.0. The molecular weight excluding hydrogens is 410 g/mol. The molecule has 1 aromatic carbocycles. The minimum Gasteiger partial charge on any atom is -0.311 e. The summed E-state index contributed by atoms with van der Waals surface area (Å²) in [5.41, 5.74) is 4.33. The number of benzene rings is 1. The van der Waals surface area contributed by atoms with Crippen molar-refractivity contribution in [1.29, 1.82) is 0 Å². The van der Waals surface area contributed by atoms with Crippen molar-refractivity contribution in [3.63, 3.8) is 0 Å². The van der Waals surface area contributed by atoms with Crippen LogP contribution >= 0.6 is 11.8 Å². The summed E-state index contributed by atoms with van der Waals surface area (Å²) in [5.74, 6) is 0.399. The van der Waals surface area contributed by atoms with Gasteiger partial charge in [0.1, 0.15) is 5.03 Å². The van der Waals surface area contributed by atoms with Crippen LogP contribution in [0.25, 0.3) is 0 Å². The first-order chi connectivity index (χ1) is 15.1. The summed E-state index contributed by atoms with van der Waals surface area (Å²) in [6, 6.07) is 8.11. The van der Waals surface area contributed by atoms with E-state index in [1.807, 2.05) is 27.8 Å². The normalized spacial score (nSPS) is 18.7. The Morgan fingerprint density at radius 3 is 2.65 bits per heavy atom. The maximum Gasteiger partial charge on any atom is 0.367 e. The molecule has 1 saturated heterocycles. The number of anilines is 1. The van der Waals surface area contributed by atoms with Gasteiger partial charge in [0.05, 0.1) is 11.4 Å². The molecular formula is C23H29N5O2S. The molecule has 3 heterocycles. The molecule has 1 aliphatic carbocycles. The highest BCUT2D eigenvalue weighted by Gasteiger charge is 2.27. The van der Waals surface area contributed by atoms with Crippen LogP contribution in [0.2, 0.25) is 0 Å². The molecule has 7 nitrogen and oxygen atoms in total. The third kappa shape index (κ3) is 3.99. The zero-order valence-corrected chi connectivity index (χ0v) is 18.9. The van der Waals surface area contributed by atoms with Crippen molar-refractivity contribution in [3.8, 4) is 0 Å². The van der Waals surface area contributed by atoms with Crippen molar-refractivity contribution in [1.82, 2.24) is 14.6 Å². The number of likely N-dealkylation sites (N-methyl/N-ethyl adjacent to an activating group) is 1. The standard InChI is InChI=1S/C23H29N5O2S/c1-25-12-14-26(15-13-25)28-20-9-5-3-7-18(20)22(24-23(28)30)31-16-21(29)27-11-10-17-6-2-4-8-19(17)27/h2,4,6,8H,3,5,7,9-16H2,1H3. The van der Waals surface area contributed by atoms with Crippen LogP contribution < -0.4 is 15.6 Å². The van der Waals surface area contributed by atoms with Gasteiger partial charge in [-0.05, 0) is 50.8 Å². The van der Waals surface area contributed by atoms with E-state index in [1.54, 1.807) is 0 Å². The Kier molecular flexibility index (Phi) is 5.75. The molecule has 0 N–H and O–H groups in total. The van der Waals surface area contributed by atoms with Gasteiger partial charge < -0.3 is 14.8 Å². The number of carbonyl (C=O) groups excluding carboxylic acids is 1. The van der Waals surface area contributed by atoms with Crippen LogP contribution in [0.3, 0.4) is 0 Å². The number of carbonyl (C=O) groups is 1. The number of rotatable bonds is 4. The first-order valence-electron chi connectivity index (χ1n) is 11.2. The zero-order chi connectivity index (χ0) is 21.4. The van der Waals surface area contributed by atoms with Crippen LogP contribution in [0.5, 0.6) is 0 Å².